The smallest absolute Gasteiger partial charge is 0.319 e. The van der Waals surface area contributed by atoms with Crippen molar-refractivity contribution in [3.05, 3.63) is 95.1 Å². The second-order valence-electron chi connectivity index (χ2n) is 11.0. The molecule has 0 aromatic heterocycles. The second-order valence-corrected chi connectivity index (χ2v) is 11.0. The van der Waals surface area contributed by atoms with Crippen LogP contribution < -0.4 is 20.9 Å². The van der Waals surface area contributed by atoms with Crippen molar-refractivity contribution in [2.75, 3.05) is 42.9 Å². The van der Waals surface area contributed by atoms with Gasteiger partial charge >= 0.3 is 12.0 Å². The van der Waals surface area contributed by atoms with Gasteiger partial charge < -0.3 is 30.9 Å². The first-order valence-corrected chi connectivity index (χ1v) is 15.1. The number of carboxylic acids is 1. The van der Waals surface area contributed by atoms with Gasteiger partial charge in [-0.05, 0) is 49.1 Å². The number of hydrogen-bond acceptors (Lipinski definition) is 5. The number of urea groups is 1. The molecule has 1 saturated heterocycles. The van der Waals surface area contributed by atoms with Gasteiger partial charge in [0.25, 0.3) is 5.91 Å². The number of aliphatic carboxylic acids is 1. The molecule has 4 rings (SSSR count). The number of aryl methyl sites for hydroxylation is 1. The van der Waals surface area contributed by atoms with Crippen LogP contribution >= 0.6 is 0 Å². The van der Waals surface area contributed by atoms with E-state index in [0.29, 0.717) is 50.4 Å². The maximum Gasteiger partial charge on any atom is 0.319 e. The van der Waals surface area contributed by atoms with Crippen molar-refractivity contribution < 1.29 is 24.3 Å². The molecule has 4 N–H and O–H groups in total. The highest BCUT2D eigenvalue weighted by Crippen LogP contribution is 2.29. The van der Waals surface area contributed by atoms with Gasteiger partial charge in [0.1, 0.15) is 0 Å². The second kappa shape index (κ2) is 15.6. The fourth-order valence-corrected chi connectivity index (χ4v) is 5.22. The van der Waals surface area contributed by atoms with Crippen molar-refractivity contribution in [3.63, 3.8) is 0 Å². The molecule has 1 atom stereocenters. The number of carboxylic acid groups (broad SMARTS) is 1. The molecule has 10 heteroatoms. The molecule has 4 amide bonds. The topological polar surface area (TPSA) is 131 Å². The zero-order valence-corrected chi connectivity index (χ0v) is 25.3. The number of amides is 4. The third kappa shape index (κ3) is 9.07. The van der Waals surface area contributed by atoms with E-state index >= 15 is 0 Å². The fourth-order valence-electron chi connectivity index (χ4n) is 5.22. The summed E-state index contributed by atoms with van der Waals surface area (Å²) in [5, 5.41) is 18.1. The lowest BCUT2D eigenvalue weighted by atomic mass is 10.0. The van der Waals surface area contributed by atoms with Gasteiger partial charge in [-0.2, -0.15) is 0 Å². The van der Waals surface area contributed by atoms with Gasteiger partial charge in [0.05, 0.1) is 30.3 Å². The van der Waals surface area contributed by atoms with Crippen LogP contribution in [0.1, 0.15) is 59.3 Å². The Morgan fingerprint density at radius 2 is 1.66 bits per heavy atom. The number of carbonyl (C=O) groups is 4. The molecule has 3 aromatic carbocycles. The molecule has 1 heterocycles. The predicted octanol–water partition coefficient (Wildman–Crippen LogP) is 4.75. The summed E-state index contributed by atoms with van der Waals surface area (Å²) in [4.78, 5) is 54.8. The quantitative estimate of drug-likeness (QED) is 0.252. The van der Waals surface area contributed by atoms with Crippen molar-refractivity contribution in [1.82, 2.24) is 15.5 Å². The molecular formula is C34H41N5O5. The van der Waals surface area contributed by atoms with E-state index in [9.17, 15) is 24.3 Å². The molecule has 0 saturated carbocycles. The van der Waals surface area contributed by atoms with E-state index < -0.39 is 17.9 Å². The largest absolute Gasteiger partial charge is 0.481 e. The van der Waals surface area contributed by atoms with Crippen LogP contribution in [0.2, 0.25) is 0 Å². The van der Waals surface area contributed by atoms with Gasteiger partial charge in [-0.25, -0.2) is 4.79 Å². The average molecular weight is 600 g/mol. The van der Waals surface area contributed by atoms with Crippen LogP contribution in [-0.4, -0.2) is 66.5 Å². The Hall–Kier alpha value is -4.86. The molecular weight excluding hydrogens is 558 g/mol. The highest BCUT2D eigenvalue weighted by Gasteiger charge is 2.24. The molecule has 1 fully saturated rings. The third-order valence-electron chi connectivity index (χ3n) is 7.59. The normalized spacial score (nSPS) is 13.9. The van der Waals surface area contributed by atoms with Crippen LogP contribution in [0.15, 0.2) is 72.8 Å². The van der Waals surface area contributed by atoms with Gasteiger partial charge in [0.2, 0.25) is 5.91 Å². The summed E-state index contributed by atoms with van der Waals surface area (Å²) in [6, 6.07) is 21.0. The van der Waals surface area contributed by atoms with Crippen LogP contribution in [0.4, 0.5) is 16.2 Å². The molecule has 10 nitrogen and oxygen atoms in total. The molecule has 44 heavy (non-hydrogen) atoms. The summed E-state index contributed by atoms with van der Waals surface area (Å²) in [5.74, 6) is -1.40. The monoisotopic (exact) mass is 599 g/mol. The highest BCUT2D eigenvalue weighted by atomic mass is 16.4. The van der Waals surface area contributed by atoms with Gasteiger partial charge in [0, 0.05) is 38.3 Å². The van der Waals surface area contributed by atoms with Gasteiger partial charge in [0.15, 0.2) is 0 Å². The zero-order valence-electron chi connectivity index (χ0n) is 25.3. The van der Waals surface area contributed by atoms with Crippen LogP contribution in [0, 0.1) is 6.92 Å². The lowest BCUT2D eigenvalue weighted by Crippen LogP contribution is -2.36. The Morgan fingerprint density at radius 3 is 2.36 bits per heavy atom. The number of benzene rings is 3. The minimum absolute atomic E-state index is 0.0758. The average Bonchev–Trinajstić information content (AvgIpc) is 3.27. The molecule has 0 aliphatic carbocycles. The number of nitrogens with zero attached hydrogens (tertiary/aromatic N) is 2. The first-order chi connectivity index (χ1) is 21.2. The van der Waals surface area contributed by atoms with Crippen LogP contribution in [0.25, 0.3) is 0 Å². The zero-order chi connectivity index (χ0) is 31.5. The summed E-state index contributed by atoms with van der Waals surface area (Å²) in [6.07, 6.45) is 1.59. The molecule has 0 spiro atoms. The Kier molecular flexibility index (Phi) is 11.3. The Bertz CT molecular complexity index is 1440. The van der Waals surface area contributed by atoms with Crippen molar-refractivity contribution in [3.8, 4) is 0 Å². The number of anilines is 2. The van der Waals surface area contributed by atoms with E-state index in [1.165, 1.54) is 0 Å². The maximum atomic E-state index is 13.4. The Balaban J connectivity index is 1.53. The summed E-state index contributed by atoms with van der Waals surface area (Å²) in [6.45, 7) is 6.78. The molecule has 1 unspecified atom stereocenters. The van der Waals surface area contributed by atoms with E-state index in [1.807, 2.05) is 73.3 Å². The third-order valence-corrected chi connectivity index (χ3v) is 7.59. The van der Waals surface area contributed by atoms with E-state index in [0.717, 1.165) is 29.7 Å². The summed E-state index contributed by atoms with van der Waals surface area (Å²) >= 11 is 0. The van der Waals surface area contributed by atoms with Crippen molar-refractivity contribution in [2.45, 2.75) is 45.6 Å². The number of hydrogen-bond donors (Lipinski definition) is 4. The van der Waals surface area contributed by atoms with Gasteiger partial charge in [-0.1, -0.05) is 67.1 Å². The summed E-state index contributed by atoms with van der Waals surface area (Å²) in [5.41, 5.74) is 4.18. The van der Waals surface area contributed by atoms with Crippen molar-refractivity contribution in [1.29, 1.82) is 0 Å². The van der Waals surface area contributed by atoms with Crippen LogP contribution in [-0.2, 0) is 16.0 Å². The molecule has 0 radical (unpaired) electrons. The van der Waals surface area contributed by atoms with Crippen molar-refractivity contribution >= 4 is 35.2 Å². The molecule has 3 aromatic rings. The maximum absolute atomic E-state index is 13.4. The minimum atomic E-state index is -1.03. The van der Waals surface area contributed by atoms with Gasteiger partial charge in [-0.15, -0.1) is 0 Å². The predicted molar refractivity (Wildman–Crippen MR) is 171 cm³/mol. The number of rotatable bonds is 11. The molecule has 1 aliphatic heterocycles. The first-order valence-electron chi connectivity index (χ1n) is 15.1. The molecule has 0 bridgehead atoms. The molecule has 1 aliphatic rings. The summed E-state index contributed by atoms with van der Waals surface area (Å²) < 4.78 is 0. The van der Waals surface area contributed by atoms with E-state index in [2.05, 4.69) is 20.9 Å². The Morgan fingerprint density at radius 1 is 0.909 bits per heavy atom. The standard InChI is InChI=1S/C34H41N5O5/c1-3-16-35-34(44)37-29-22-27(33(43)36-28(23-32(41)42)26-12-10-24(2)11-13-26)14-15-30(29)38-17-7-18-39(20-19-38)31(40)21-25-8-5-4-6-9-25/h4-6,8-15,22,28H,3,7,16-21,23H2,1-2H3,(H,36,43)(H,41,42)(H2,35,37,44). The molecule has 232 valence electrons. The van der Waals surface area contributed by atoms with E-state index in [4.69, 9.17) is 0 Å². The summed E-state index contributed by atoms with van der Waals surface area (Å²) in [7, 11) is 0. The van der Waals surface area contributed by atoms with Crippen LogP contribution in [0.3, 0.4) is 0 Å². The number of carbonyl (C=O) groups excluding carboxylic acids is 3. The van der Waals surface area contributed by atoms with Gasteiger partial charge in [-0.3, -0.25) is 14.4 Å². The van der Waals surface area contributed by atoms with Crippen LogP contribution in [0.5, 0.6) is 0 Å². The van der Waals surface area contributed by atoms with Crippen molar-refractivity contribution in [2.24, 2.45) is 0 Å². The number of nitrogens with one attached hydrogen (secondary N) is 3. The highest BCUT2D eigenvalue weighted by molar-refractivity contribution is 6.00. The lowest BCUT2D eigenvalue weighted by molar-refractivity contribution is -0.137. The SMILES string of the molecule is CCCNC(=O)Nc1cc(C(=O)NC(CC(=O)O)c2ccc(C)cc2)ccc1N1CCCN(C(=O)Cc2ccccc2)CC1. The first kappa shape index (κ1) is 32.1. The van der Waals surface area contributed by atoms with E-state index in [1.54, 1.807) is 18.2 Å². The minimum Gasteiger partial charge on any atom is -0.481 e. The Labute approximate surface area is 258 Å². The fraction of sp³-hybridized carbons (Fsp3) is 0.353. The lowest BCUT2D eigenvalue weighted by Gasteiger charge is -2.27. The van der Waals surface area contributed by atoms with E-state index in [-0.39, 0.29) is 23.9 Å².